The van der Waals surface area contributed by atoms with E-state index in [1.54, 1.807) is 0 Å². The van der Waals surface area contributed by atoms with Gasteiger partial charge in [0, 0.05) is 11.4 Å². The highest BCUT2D eigenvalue weighted by Crippen LogP contribution is 2.35. The number of carbonyl (C=O) groups excluding carboxylic acids is 1. The number of rotatable bonds is 3. The molecule has 1 aliphatic heterocycles. The van der Waals surface area contributed by atoms with Gasteiger partial charge in [-0.2, -0.15) is 0 Å². The van der Waals surface area contributed by atoms with Gasteiger partial charge in [0.15, 0.2) is 0 Å². The summed E-state index contributed by atoms with van der Waals surface area (Å²) in [4.78, 5) is 29.0. The van der Waals surface area contributed by atoms with Crippen LogP contribution < -0.4 is 11.0 Å². The monoisotopic (exact) mass is 309 g/mol. The molecule has 0 radical (unpaired) electrons. The molecule has 23 heavy (non-hydrogen) atoms. The van der Waals surface area contributed by atoms with Crippen LogP contribution in [0.15, 0.2) is 47.3 Å². The number of aromatic amines is 2. The molecule has 0 saturated carbocycles. The molecule has 2 heterocycles. The molecule has 6 nitrogen and oxygen atoms in total. The van der Waals surface area contributed by atoms with Crippen molar-refractivity contribution in [1.82, 2.24) is 9.97 Å². The minimum absolute atomic E-state index is 0.224. The van der Waals surface area contributed by atoms with Gasteiger partial charge in [0.05, 0.1) is 23.6 Å². The van der Waals surface area contributed by atoms with Crippen LogP contribution in [0.2, 0.25) is 0 Å². The maximum absolute atomic E-state index is 12.0. The number of esters is 1. The molecule has 2 aromatic carbocycles. The molecule has 3 N–H and O–H groups in total. The van der Waals surface area contributed by atoms with E-state index in [0.29, 0.717) is 24.1 Å². The Labute approximate surface area is 131 Å². The summed E-state index contributed by atoms with van der Waals surface area (Å²) in [7, 11) is 0. The van der Waals surface area contributed by atoms with Gasteiger partial charge in [0.25, 0.3) is 0 Å². The second-order valence-electron chi connectivity index (χ2n) is 5.56. The summed E-state index contributed by atoms with van der Waals surface area (Å²) in [5, 5.41) is 3.33. The molecule has 0 spiro atoms. The van der Waals surface area contributed by atoms with Crippen molar-refractivity contribution >= 4 is 28.4 Å². The number of anilines is 2. The number of aromatic nitrogens is 2. The number of cyclic esters (lactones) is 1. The van der Waals surface area contributed by atoms with Crippen molar-refractivity contribution in [3.8, 4) is 0 Å². The Morgan fingerprint density at radius 2 is 1.78 bits per heavy atom. The normalized spacial score (nSPS) is 17.4. The fourth-order valence-corrected chi connectivity index (χ4v) is 2.95. The van der Waals surface area contributed by atoms with Gasteiger partial charge in [0.2, 0.25) is 0 Å². The molecule has 1 aromatic heterocycles. The summed E-state index contributed by atoms with van der Waals surface area (Å²) < 4.78 is 5.10. The third-order valence-corrected chi connectivity index (χ3v) is 4.05. The van der Waals surface area contributed by atoms with Gasteiger partial charge in [-0.05, 0) is 36.2 Å². The highest BCUT2D eigenvalue weighted by atomic mass is 16.5. The smallest absolute Gasteiger partial charge is 0.323 e. The van der Waals surface area contributed by atoms with E-state index in [0.717, 1.165) is 16.9 Å². The van der Waals surface area contributed by atoms with Crippen LogP contribution in [-0.4, -0.2) is 22.5 Å². The van der Waals surface area contributed by atoms with Crippen LogP contribution in [0.5, 0.6) is 0 Å². The number of benzene rings is 2. The van der Waals surface area contributed by atoms with Crippen molar-refractivity contribution in [2.45, 2.75) is 12.3 Å². The second-order valence-corrected chi connectivity index (χ2v) is 5.56. The van der Waals surface area contributed by atoms with E-state index in [4.69, 9.17) is 4.74 Å². The van der Waals surface area contributed by atoms with Gasteiger partial charge in [-0.15, -0.1) is 0 Å². The Balaban J connectivity index is 1.85. The molecular weight excluding hydrogens is 294 g/mol. The van der Waals surface area contributed by atoms with Gasteiger partial charge < -0.3 is 20.0 Å². The predicted molar refractivity (Wildman–Crippen MR) is 87.0 cm³/mol. The first kappa shape index (κ1) is 13.6. The number of ether oxygens (including phenoxy) is 1. The van der Waals surface area contributed by atoms with Gasteiger partial charge in [-0.3, -0.25) is 4.79 Å². The molecule has 6 heteroatoms. The third kappa shape index (κ3) is 2.48. The number of hydrogen-bond acceptors (Lipinski definition) is 4. The first-order valence-corrected chi connectivity index (χ1v) is 7.45. The van der Waals surface area contributed by atoms with Crippen LogP contribution >= 0.6 is 0 Å². The summed E-state index contributed by atoms with van der Waals surface area (Å²) in [6, 6.07) is 13.4. The zero-order valence-corrected chi connectivity index (χ0v) is 12.3. The van der Waals surface area contributed by atoms with Crippen LogP contribution in [-0.2, 0) is 9.53 Å². The van der Waals surface area contributed by atoms with E-state index in [1.165, 1.54) is 0 Å². The van der Waals surface area contributed by atoms with Gasteiger partial charge in [0.1, 0.15) is 0 Å². The lowest BCUT2D eigenvalue weighted by atomic mass is 9.95. The maximum Gasteiger partial charge on any atom is 0.323 e. The fourth-order valence-electron chi connectivity index (χ4n) is 2.95. The number of hydrogen-bond donors (Lipinski definition) is 3. The zero-order valence-electron chi connectivity index (χ0n) is 12.3. The average Bonchev–Trinajstić information content (AvgIpc) is 3.12. The van der Waals surface area contributed by atoms with E-state index in [2.05, 4.69) is 15.3 Å². The minimum Gasteiger partial charge on any atom is -0.465 e. The molecule has 0 bridgehead atoms. The molecule has 4 rings (SSSR count). The van der Waals surface area contributed by atoms with Crippen molar-refractivity contribution in [1.29, 1.82) is 0 Å². The van der Waals surface area contributed by atoms with Crippen molar-refractivity contribution in [3.63, 3.8) is 0 Å². The van der Waals surface area contributed by atoms with Crippen molar-refractivity contribution < 1.29 is 9.53 Å². The minimum atomic E-state index is -0.316. The van der Waals surface area contributed by atoms with Crippen LogP contribution in [0.25, 0.3) is 11.0 Å². The molecule has 1 saturated heterocycles. The molecular formula is C17H15N3O3. The van der Waals surface area contributed by atoms with Crippen LogP contribution in [0, 0.1) is 0 Å². The van der Waals surface area contributed by atoms with E-state index in [9.17, 15) is 9.59 Å². The largest absolute Gasteiger partial charge is 0.465 e. The van der Waals surface area contributed by atoms with Crippen molar-refractivity contribution in [2.24, 2.45) is 0 Å². The molecule has 1 unspecified atom stereocenters. The molecule has 1 atom stereocenters. The summed E-state index contributed by atoms with van der Waals surface area (Å²) in [6.45, 7) is 0.427. The molecule has 3 aromatic rings. The quantitative estimate of drug-likeness (QED) is 0.649. The maximum atomic E-state index is 12.0. The number of nitrogens with one attached hydrogen (secondary N) is 3. The third-order valence-electron chi connectivity index (χ3n) is 4.05. The Morgan fingerprint density at radius 1 is 1.04 bits per heavy atom. The fraction of sp³-hybridized carbons (Fsp3) is 0.176. The average molecular weight is 309 g/mol. The standard InChI is InChI=1S/C17H15N3O3/c21-16-11(6-7-23-16)12-8-14-15(20-17(22)19-14)9-13(12)18-10-4-2-1-3-5-10/h1-5,8-9,11,18H,6-7H2,(H2,19,20,22). The van der Waals surface area contributed by atoms with E-state index < -0.39 is 0 Å². The Kier molecular flexibility index (Phi) is 3.15. The predicted octanol–water partition coefficient (Wildman–Crippen LogP) is 2.63. The lowest BCUT2D eigenvalue weighted by Gasteiger charge is -2.15. The summed E-state index contributed by atoms with van der Waals surface area (Å²) in [5.41, 5.74) is 3.66. The van der Waals surface area contributed by atoms with Crippen LogP contribution in [0.1, 0.15) is 17.9 Å². The summed E-state index contributed by atoms with van der Waals surface area (Å²) in [6.07, 6.45) is 0.641. The lowest BCUT2D eigenvalue weighted by Crippen LogP contribution is -2.08. The lowest BCUT2D eigenvalue weighted by molar-refractivity contribution is -0.139. The van der Waals surface area contributed by atoms with Crippen LogP contribution in [0.4, 0.5) is 11.4 Å². The Hall–Kier alpha value is -3.02. The number of para-hydroxylation sites is 1. The highest BCUT2D eigenvalue weighted by Gasteiger charge is 2.30. The number of H-pyrrole nitrogens is 2. The molecule has 116 valence electrons. The first-order chi connectivity index (χ1) is 11.2. The van der Waals surface area contributed by atoms with Gasteiger partial charge in [-0.1, -0.05) is 18.2 Å². The topological polar surface area (TPSA) is 87.0 Å². The zero-order chi connectivity index (χ0) is 15.8. The van der Waals surface area contributed by atoms with Gasteiger partial charge >= 0.3 is 11.7 Å². The summed E-state index contributed by atoms with van der Waals surface area (Å²) >= 11 is 0. The van der Waals surface area contributed by atoms with E-state index in [1.807, 2.05) is 42.5 Å². The van der Waals surface area contributed by atoms with Gasteiger partial charge in [-0.25, -0.2) is 4.79 Å². The number of imidazole rings is 1. The van der Waals surface area contributed by atoms with Crippen molar-refractivity contribution in [3.05, 3.63) is 58.5 Å². The SMILES string of the molecule is O=C1OCCC1c1cc2[nH]c(=O)[nH]c2cc1Nc1ccccc1. The second kappa shape index (κ2) is 5.31. The number of carbonyl (C=O) groups is 1. The highest BCUT2D eigenvalue weighted by molar-refractivity contribution is 5.88. The Bertz CT molecular complexity index is 927. The van der Waals surface area contributed by atoms with E-state index >= 15 is 0 Å². The Morgan fingerprint density at radius 3 is 2.48 bits per heavy atom. The number of fused-ring (bicyclic) bond motifs is 1. The molecule has 0 amide bonds. The van der Waals surface area contributed by atoms with E-state index in [-0.39, 0.29) is 17.6 Å². The van der Waals surface area contributed by atoms with Crippen molar-refractivity contribution in [2.75, 3.05) is 11.9 Å². The molecule has 1 fully saturated rings. The van der Waals surface area contributed by atoms with Crippen LogP contribution in [0.3, 0.4) is 0 Å². The summed E-state index contributed by atoms with van der Waals surface area (Å²) in [5.74, 6) is -0.539. The molecule has 1 aliphatic rings. The molecule has 0 aliphatic carbocycles. The first-order valence-electron chi connectivity index (χ1n) is 7.45.